The van der Waals surface area contributed by atoms with Gasteiger partial charge in [-0.05, 0) is 18.2 Å². The van der Waals surface area contributed by atoms with E-state index < -0.39 is 0 Å². The summed E-state index contributed by atoms with van der Waals surface area (Å²) in [5.41, 5.74) is 3.06. The van der Waals surface area contributed by atoms with Gasteiger partial charge in [0, 0.05) is 18.4 Å². The first-order chi connectivity index (χ1) is 9.26. The summed E-state index contributed by atoms with van der Waals surface area (Å²) < 4.78 is 5.16. The summed E-state index contributed by atoms with van der Waals surface area (Å²) >= 11 is 6.01. The molecule has 0 aliphatic heterocycles. The molecule has 0 heterocycles. The zero-order valence-corrected chi connectivity index (χ0v) is 11.2. The lowest BCUT2D eigenvalue weighted by Gasteiger charge is -2.13. The third-order valence-electron chi connectivity index (χ3n) is 2.71. The van der Waals surface area contributed by atoms with Gasteiger partial charge in [0.05, 0.1) is 22.9 Å². The zero-order valence-electron chi connectivity index (χ0n) is 10.5. The van der Waals surface area contributed by atoms with Gasteiger partial charge in [0.25, 0.3) is 0 Å². The van der Waals surface area contributed by atoms with E-state index in [1.54, 1.807) is 13.2 Å². The van der Waals surface area contributed by atoms with E-state index in [0.717, 1.165) is 11.3 Å². The number of methoxy groups -OCH3 is 1. The van der Waals surface area contributed by atoms with Crippen LogP contribution in [0.2, 0.25) is 5.02 Å². The van der Waals surface area contributed by atoms with Gasteiger partial charge >= 0.3 is 0 Å². The molecule has 4 heteroatoms. The Morgan fingerprint density at radius 1 is 1.16 bits per heavy atom. The van der Waals surface area contributed by atoms with E-state index >= 15 is 0 Å². The van der Waals surface area contributed by atoms with Gasteiger partial charge in [-0.25, -0.2) is 0 Å². The topological polar surface area (TPSA) is 45.0 Å². The van der Waals surface area contributed by atoms with Crippen LogP contribution in [0.5, 0.6) is 0 Å². The fourth-order valence-electron chi connectivity index (χ4n) is 1.81. The lowest BCUT2D eigenvalue weighted by molar-refractivity contribution is 0.185. The summed E-state index contributed by atoms with van der Waals surface area (Å²) in [6, 6.07) is 15.2. The van der Waals surface area contributed by atoms with Gasteiger partial charge in [-0.1, -0.05) is 35.9 Å². The average Bonchev–Trinajstić information content (AvgIpc) is 2.41. The molecule has 19 heavy (non-hydrogen) atoms. The molecule has 1 N–H and O–H groups in total. The van der Waals surface area contributed by atoms with Crippen molar-refractivity contribution in [2.24, 2.45) is 0 Å². The highest BCUT2D eigenvalue weighted by molar-refractivity contribution is 6.32. The maximum absolute atomic E-state index is 9.15. The van der Waals surface area contributed by atoms with E-state index in [2.05, 4.69) is 11.4 Å². The molecule has 0 atom stereocenters. The smallest absolute Gasteiger partial charge is 0.103 e. The fraction of sp³-hybridized carbons (Fsp3) is 0.133. The Hall–Kier alpha value is -2.02. The SMILES string of the molecule is COCc1ccccc1Nc1cccc(Cl)c1C#N. The number of nitrogens with one attached hydrogen (secondary N) is 1. The van der Waals surface area contributed by atoms with E-state index in [1.165, 1.54) is 0 Å². The van der Waals surface area contributed by atoms with Gasteiger partial charge in [-0.3, -0.25) is 0 Å². The van der Waals surface area contributed by atoms with Crippen molar-refractivity contribution in [2.75, 3.05) is 12.4 Å². The monoisotopic (exact) mass is 272 g/mol. The van der Waals surface area contributed by atoms with Crippen molar-refractivity contribution in [3.8, 4) is 6.07 Å². The number of benzene rings is 2. The summed E-state index contributed by atoms with van der Waals surface area (Å²) in [5, 5.41) is 12.8. The second-order valence-electron chi connectivity index (χ2n) is 3.99. The molecule has 96 valence electrons. The normalized spacial score (nSPS) is 9.95. The Bertz CT molecular complexity index is 620. The molecule has 0 amide bonds. The number of nitriles is 1. The molecule has 0 aromatic heterocycles. The van der Waals surface area contributed by atoms with Crippen molar-refractivity contribution < 1.29 is 4.74 Å². The Kier molecular flexibility index (Phi) is 4.40. The number of anilines is 2. The first-order valence-corrected chi connectivity index (χ1v) is 6.16. The van der Waals surface area contributed by atoms with Crippen molar-refractivity contribution in [3.05, 3.63) is 58.6 Å². The second-order valence-corrected chi connectivity index (χ2v) is 4.40. The molecule has 0 bridgehead atoms. The first kappa shape index (κ1) is 13.4. The first-order valence-electron chi connectivity index (χ1n) is 5.78. The maximum Gasteiger partial charge on any atom is 0.103 e. The minimum absolute atomic E-state index is 0.441. The number of rotatable bonds is 4. The van der Waals surface area contributed by atoms with Crippen LogP contribution in [0.1, 0.15) is 11.1 Å². The maximum atomic E-state index is 9.15. The second kappa shape index (κ2) is 6.24. The average molecular weight is 273 g/mol. The largest absolute Gasteiger partial charge is 0.380 e. The summed E-state index contributed by atoms with van der Waals surface area (Å²) in [5.74, 6) is 0. The van der Waals surface area contributed by atoms with Crippen LogP contribution in [0.15, 0.2) is 42.5 Å². The van der Waals surface area contributed by atoms with Gasteiger partial charge in [0.2, 0.25) is 0 Å². The molecule has 0 aliphatic carbocycles. The van der Waals surface area contributed by atoms with Crippen LogP contribution in [0, 0.1) is 11.3 Å². The molecular formula is C15H13ClN2O. The zero-order chi connectivity index (χ0) is 13.7. The Morgan fingerprint density at radius 3 is 2.63 bits per heavy atom. The summed E-state index contributed by atoms with van der Waals surface area (Å²) in [6.45, 7) is 0.506. The molecule has 0 unspecified atom stereocenters. The molecule has 2 aromatic carbocycles. The van der Waals surface area contributed by atoms with E-state index in [-0.39, 0.29) is 0 Å². The van der Waals surface area contributed by atoms with Crippen molar-refractivity contribution >= 4 is 23.0 Å². The molecule has 0 fully saturated rings. The third-order valence-corrected chi connectivity index (χ3v) is 3.03. The summed E-state index contributed by atoms with van der Waals surface area (Å²) in [6.07, 6.45) is 0. The van der Waals surface area contributed by atoms with E-state index in [9.17, 15) is 0 Å². The molecule has 2 rings (SSSR count). The number of hydrogen-bond donors (Lipinski definition) is 1. The van der Waals surface area contributed by atoms with Gasteiger partial charge < -0.3 is 10.1 Å². The Morgan fingerprint density at radius 2 is 1.89 bits per heavy atom. The Balaban J connectivity index is 2.37. The lowest BCUT2D eigenvalue weighted by Crippen LogP contribution is -1.99. The van der Waals surface area contributed by atoms with Crippen molar-refractivity contribution in [2.45, 2.75) is 6.61 Å². The highest BCUT2D eigenvalue weighted by Crippen LogP contribution is 2.28. The van der Waals surface area contributed by atoms with Crippen molar-refractivity contribution in [1.82, 2.24) is 0 Å². The van der Waals surface area contributed by atoms with Crippen molar-refractivity contribution in [1.29, 1.82) is 5.26 Å². The summed E-state index contributed by atoms with van der Waals surface area (Å²) in [7, 11) is 1.65. The van der Waals surface area contributed by atoms with Crippen LogP contribution < -0.4 is 5.32 Å². The molecule has 3 nitrogen and oxygen atoms in total. The number of nitrogens with zero attached hydrogens (tertiary/aromatic N) is 1. The van der Waals surface area contributed by atoms with Crippen LogP contribution in [-0.2, 0) is 11.3 Å². The van der Waals surface area contributed by atoms with E-state index in [0.29, 0.717) is 22.9 Å². The van der Waals surface area contributed by atoms with Gasteiger partial charge in [-0.2, -0.15) is 5.26 Å². The Labute approximate surface area is 117 Å². The fourth-order valence-corrected chi connectivity index (χ4v) is 2.03. The molecule has 0 radical (unpaired) electrons. The minimum Gasteiger partial charge on any atom is -0.380 e. The predicted molar refractivity (Wildman–Crippen MR) is 76.6 cm³/mol. The highest BCUT2D eigenvalue weighted by Gasteiger charge is 2.08. The van der Waals surface area contributed by atoms with Gasteiger partial charge in [0.1, 0.15) is 6.07 Å². The van der Waals surface area contributed by atoms with Gasteiger partial charge in [0.15, 0.2) is 0 Å². The summed E-state index contributed by atoms with van der Waals surface area (Å²) in [4.78, 5) is 0. The van der Waals surface area contributed by atoms with Crippen LogP contribution in [0.25, 0.3) is 0 Å². The molecule has 0 saturated heterocycles. The van der Waals surface area contributed by atoms with E-state index in [1.807, 2.05) is 36.4 Å². The van der Waals surface area contributed by atoms with Crippen LogP contribution in [0.3, 0.4) is 0 Å². The minimum atomic E-state index is 0.441. The number of para-hydroxylation sites is 1. The quantitative estimate of drug-likeness (QED) is 0.911. The number of hydrogen-bond acceptors (Lipinski definition) is 3. The van der Waals surface area contributed by atoms with Crippen molar-refractivity contribution in [3.63, 3.8) is 0 Å². The third kappa shape index (κ3) is 3.05. The molecular weight excluding hydrogens is 260 g/mol. The molecule has 2 aromatic rings. The number of halogens is 1. The molecule has 0 saturated carbocycles. The van der Waals surface area contributed by atoms with Crippen LogP contribution in [0.4, 0.5) is 11.4 Å². The molecule has 0 aliphatic rings. The van der Waals surface area contributed by atoms with Crippen LogP contribution >= 0.6 is 11.6 Å². The van der Waals surface area contributed by atoms with Crippen LogP contribution in [-0.4, -0.2) is 7.11 Å². The lowest BCUT2D eigenvalue weighted by atomic mass is 10.1. The predicted octanol–water partition coefficient (Wildman–Crippen LogP) is 4.10. The highest BCUT2D eigenvalue weighted by atomic mass is 35.5. The molecule has 0 spiro atoms. The standard InChI is InChI=1S/C15H13ClN2O/c1-19-10-11-5-2-3-7-14(11)18-15-8-4-6-13(16)12(15)9-17/h2-8,18H,10H2,1H3. The van der Waals surface area contributed by atoms with Gasteiger partial charge in [-0.15, -0.1) is 0 Å². The number of ether oxygens (including phenoxy) is 1. The van der Waals surface area contributed by atoms with E-state index in [4.69, 9.17) is 21.6 Å².